The maximum atomic E-state index is 12.0. The maximum absolute atomic E-state index is 12.0. The summed E-state index contributed by atoms with van der Waals surface area (Å²) in [5, 5.41) is 13.0. The zero-order valence-corrected chi connectivity index (χ0v) is 17.6. The van der Waals surface area contributed by atoms with Gasteiger partial charge in [-0.1, -0.05) is 0 Å². The molecule has 31 heavy (non-hydrogen) atoms. The van der Waals surface area contributed by atoms with Crippen molar-refractivity contribution >= 4 is 17.4 Å². The molecule has 0 spiro atoms. The minimum Gasteiger partial charge on any atom is -0.381 e. The van der Waals surface area contributed by atoms with Crippen molar-refractivity contribution in [3.8, 4) is 11.5 Å². The van der Waals surface area contributed by atoms with Crippen LogP contribution >= 0.6 is 0 Å². The van der Waals surface area contributed by atoms with Gasteiger partial charge >= 0.3 is 0 Å². The van der Waals surface area contributed by atoms with Crippen molar-refractivity contribution in [3.63, 3.8) is 0 Å². The number of methoxy groups -OCH3 is 1. The van der Waals surface area contributed by atoms with Crippen molar-refractivity contribution in [1.29, 1.82) is 0 Å². The summed E-state index contributed by atoms with van der Waals surface area (Å²) in [6, 6.07) is 2.32. The van der Waals surface area contributed by atoms with E-state index in [1.165, 1.54) is 6.33 Å². The molecule has 0 aromatic carbocycles. The lowest BCUT2D eigenvalue weighted by atomic mass is 9.91. The highest BCUT2D eigenvalue weighted by Gasteiger charge is 2.37. The first-order valence-electron chi connectivity index (χ1n) is 10.6. The van der Waals surface area contributed by atoms with E-state index in [0.717, 1.165) is 48.2 Å². The van der Waals surface area contributed by atoms with Gasteiger partial charge < -0.3 is 15.0 Å². The number of carbonyl (C=O) groups excluding carboxylic acids is 1. The molecule has 0 radical (unpaired) electrons. The van der Waals surface area contributed by atoms with Crippen LogP contribution in [0.4, 0.5) is 0 Å². The van der Waals surface area contributed by atoms with Crippen molar-refractivity contribution in [2.45, 2.75) is 50.9 Å². The number of ether oxygens (including phenoxy) is 1. The van der Waals surface area contributed by atoms with E-state index in [0.29, 0.717) is 23.8 Å². The van der Waals surface area contributed by atoms with Crippen LogP contribution in [0.5, 0.6) is 0 Å². The lowest BCUT2D eigenvalue weighted by Crippen LogP contribution is -2.64. The number of aliphatic imine (C=N–C) groups is 1. The molecule has 1 saturated carbocycles. The van der Waals surface area contributed by atoms with E-state index in [1.54, 1.807) is 7.11 Å². The molecule has 3 aliphatic rings. The number of H-pyrrole nitrogens is 1. The number of rotatable bonds is 4. The van der Waals surface area contributed by atoms with Gasteiger partial charge in [0.25, 0.3) is 0 Å². The van der Waals surface area contributed by atoms with Crippen LogP contribution in [-0.2, 0) is 9.53 Å². The molecule has 162 valence electrons. The average Bonchev–Trinajstić information content (AvgIpc) is 3.33. The Morgan fingerprint density at radius 1 is 1.19 bits per heavy atom. The molecule has 10 nitrogen and oxygen atoms in total. The number of amides is 1. The molecule has 10 heteroatoms. The number of pyridine rings is 1. The van der Waals surface area contributed by atoms with Crippen molar-refractivity contribution < 1.29 is 9.53 Å². The van der Waals surface area contributed by atoms with Gasteiger partial charge in [0.05, 0.1) is 18.3 Å². The SMILES string of the molecule is COC1CCC(N2C=C(c3cnc(-c4ncn[nH]4)cc3C)N=C3NC(=O)CNC32)CC1. The Labute approximate surface area is 180 Å². The number of nitrogens with one attached hydrogen (secondary N) is 3. The number of piperazine rings is 1. The fourth-order valence-corrected chi connectivity index (χ4v) is 4.56. The highest BCUT2D eigenvalue weighted by Crippen LogP contribution is 2.32. The third-order valence-corrected chi connectivity index (χ3v) is 6.24. The fourth-order valence-electron chi connectivity index (χ4n) is 4.56. The quantitative estimate of drug-likeness (QED) is 0.677. The zero-order chi connectivity index (χ0) is 21.4. The Bertz CT molecular complexity index is 1020. The Balaban J connectivity index is 1.48. The number of nitrogens with zero attached hydrogens (tertiary/aromatic N) is 5. The fraction of sp³-hybridized carbons (Fsp3) is 0.476. The molecule has 1 amide bonds. The second-order valence-electron chi connectivity index (χ2n) is 8.17. The smallest absolute Gasteiger partial charge is 0.239 e. The normalized spacial score (nSPS) is 26.1. The summed E-state index contributed by atoms with van der Waals surface area (Å²) in [5.74, 6) is 1.19. The minimum absolute atomic E-state index is 0.0743. The molecule has 4 heterocycles. The second kappa shape index (κ2) is 8.20. The van der Waals surface area contributed by atoms with Crippen LogP contribution in [0.3, 0.4) is 0 Å². The Morgan fingerprint density at radius 3 is 2.74 bits per heavy atom. The summed E-state index contributed by atoms with van der Waals surface area (Å²) < 4.78 is 5.54. The van der Waals surface area contributed by atoms with Gasteiger partial charge in [0.2, 0.25) is 5.91 Å². The third-order valence-electron chi connectivity index (χ3n) is 6.24. The molecule has 1 atom stereocenters. The molecule has 2 fully saturated rings. The van der Waals surface area contributed by atoms with Crippen molar-refractivity contribution in [2.24, 2.45) is 4.99 Å². The van der Waals surface area contributed by atoms with Gasteiger partial charge in [0.1, 0.15) is 24.0 Å². The average molecular weight is 422 g/mol. The number of hydrogen-bond donors (Lipinski definition) is 3. The highest BCUT2D eigenvalue weighted by atomic mass is 16.5. The summed E-state index contributed by atoms with van der Waals surface area (Å²) in [6.07, 6.45) is 9.69. The molecule has 3 N–H and O–H groups in total. The van der Waals surface area contributed by atoms with Crippen LogP contribution in [0.1, 0.15) is 36.8 Å². The molecule has 5 rings (SSSR count). The molecule has 1 aliphatic carbocycles. The van der Waals surface area contributed by atoms with Crippen LogP contribution in [-0.4, -0.2) is 68.8 Å². The summed E-state index contributed by atoms with van der Waals surface area (Å²) in [5.41, 5.74) is 3.46. The molecule has 2 aromatic heterocycles. The molecule has 1 saturated heterocycles. The summed E-state index contributed by atoms with van der Waals surface area (Å²) in [6.45, 7) is 2.30. The van der Waals surface area contributed by atoms with Gasteiger partial charge in [-0.05, 0) is 44.2 Å². The van der Waals surface area contributed by atoms with Crippen LogP contribution in [0, 0.1) is 6.92 Å². The topological polar surface area (TPSA) is 120 Å². The zero-order valence-electron chi connectivity index (χ0n) is 17.6. The summed E-state index contributed by atoms with van der Waals surface area (Å²) >= 11 is 0. The largest absolute Gasteiger partial charge is 0.381 e. The van der Waals surface area contributed by atoms with Crippen LogP contribution < -0.4 is 10.6 Å². The summed E-state index contributed by atoms with van der Waals surface area (Å²) in [7, 11) is 1.78. The van der Waals surface area contributed by atoms with E-state index in [2.05, 4.69) is 41.9 Å². The first kappa shape index (κ1) is 19.8. The van der Waals surface area contributed by atoms with E-state index in [4.69, 9.17) is 9.73 Å². The molecular weight excluding hydrogens is 396 g/mol. The number of aromatic amines is 1. The first-order valence-corrected chi connectivity index (χ1v) is 10.6. The molecule has 1 unspecified atom stereocenters. The lowest BCUT2D eigenvalue weighted by molar-refractivity contribution is -0.120. The first-order chi connectivity index (χ1) is 15.1. The number of amidine groups is 1. The van der Waals surface area contributed by atoms with Crippen molar-refractivity contribution in [3.05, 3.63) is 35.9 Å². The Hall–Kier alpha value is -3.11. The Kier molecular flexibility index (Phi) is 5.24. The molecule has 2 aliphatic heterocycles. The van der Waals surface area contributed by atoms with Crippen LogP contribution in [0.2, 0.25) is 0 Å². The van der Waals surface area contributed by atoms with Gasteiger partial charge in [-0.3, -0.25) is 20.2 Å². The van der Waals surface area contributed by atoms with Gasteiger partial charge in [-0.25, -0.2) is 9.98 Å². The predicted octanol–water partition coefficient (Wildman–Crippen LogP) is 1.19. The van der Waals surface area contributed by atoms with Crippen LogP contribution in [0.25, 0.3) is 17.2 Å². The highest BCUT2D eigenvalue weighted by molar-refractivity contribution is 6.06. The number of aromatic nitrogens is 4. The van der Waals surface area contributed by atoms with Gasteiger partial charge in [-0.2, -0.15) is 5.10 Å². The third kappa shape index (κ3) is 3.84. The number of carbonyl (C=O) groups is 1. The van der Waals surface area contributed by atoms with Gasteiger partial charge in [0, 0.05) is 31.1 Å². The van der Waals surface area contributed by atoms with E-state index in [9.17, 15) is 4.79 Å². The molecule has 0 bridgehead atoms. The van der Waals surface area contributed by atoms with E-state index in [1.807, 2.05) is 19.2 Å². The molecule has 2 aromatic rings. The maximum Gasteiger partial charge on any atom is 0.239 e. The standard InChI is InChI=1S/C21H26N8O2/c1-12-7-16(19-24-11-25-28-19)22-8-15(12)17-10-29(13-3-5-14(31-2)6-4-13)21-20(26-17)27-18(30)9-23-21/h7-8,10-11,13-14,21,23H,3-6,9H2,1-2H3,(H,24,25,28)(H,26,27,30). The number of hydrogen-bond acceptors (Lipinski definition) is 8. The van der Waals surface area contributed by atoms with Gasteiger partial charge in [-0.15, -0.1) is 0 Å². The van der Waals surface area contributed by atoms with Crippen molar-refractivity contribution in [1.82, 2.24) is 35.7 Å². The Morgan fingerprint density at radius 2 is 2.03 bits per heavy atom. The minimum atomic E-state index is -0.132. The predicted molar refractivity (Wildman–Crippen MR) is 115 cm³/mol. The second-order valence-corrected chi connectivity index (χ2v) is 8.17. The van der Waals surface area contributed by atoms with E-state index in [-0.39, 0.29) is 18.6 Å². The number of aryl methyl sites for hydroxylation is 1. The van der Waals surface area contributed by atoms with Crippen LogP contribution in [0.15, 0.2) is 29.8 Å². The van der Waals surface area contributed by atoms with Crippen molar-refractivity contribution in [2.75, 3.05) is 13.7 Å². The summed E-state index contributed by atoms with van der Waals surface area (Å²) in [4.78, 5) is 27.9. The lowest BCUT2D eigenvalue weighted by Gasteiger charge is -2.44. The molecular formula is C21H26N8O2. The monoisotopic (exact) mass is 422 g/mol. The van der Waals surface area contributed by atoms with Gasteiger partial charge in [0.15, 0.2) is 5.82 Å². The van der Waals surface area contributed by atoms with E-state index >= 15 is 0 Å². The number of fused-ring (bicyclic) bond motifs is 1. The van der Waals surface area contributed by atoms with E-state index < -0.39 is 0 Å².